The van der Waals surface area contributed by atoms with E-state index in [1.807, 2.05) is 6.92 Å². The predicted molar refractivity (Wildman–Crippen MR) is 101 cm³/mol. The number of urea groups is 1. The lowest BCUT2D eigenvalue weighted by Crippen LogP contribution is -2.46. The zero-order chi connectivity index (χ0) is 19.9. The van der Waals surface area contributed by atoms with Crippen LogP contribution in [0.2, 0.25) is 0 Å². The SMILES string of the molecule is Cc1cc2ncc(C(=O)N3C[C@@H](NC(=O)N(C)C)[C@H](C(C)C)C3)c(=O)n2[nH]1. The molecule has 146 valence electrons. The van der Waals surface area contributed by atoms with Gasteiger partial charge in [0.2, 0.25) is 0 Å². The molecule has 0 aromatic carbocycles. The zero-order valence-corrected chi connectivity index (χ0v) is 16.3. The molecule has 9 heteroatoms. The van der Waals surface area contributed by atoms with E-state index in [0.717, 1.165) is 5.69 Å². The largest absolute Gasteiger partial charge is 0.336 e. The molecule has 0 unspecified atom stereocenters. The molecule has 0 radical (unpaired) electrons. The lowest BCUT2D eigenvalue weighted by atomic mass is 9.91. The first kappa shape index (κ1) is 18.9. The van der Waals surface area contributed by atoms with Crippen LogP contribution in [0.15, 0.2) is 17.1 Å². The highest BCUT2D eigenvalue weighted by Gasteiger charge is 2.39. The molecule has 1 aliphatic heterocycles. The summed E-state index contributed by atoms with van der Waals surface area (Å²) in [6, 6.07) is 1.40. The van der Waals surface area contributed by atoms with E-state index >= 15 is 0 Å². The van der Waals surface area contributed by atoms with Crippen molar-refractivity contribution in [2.75, 3.05) is 27.2 Å². The Hall–Kier alpha value is -2.84. The lowest BCUT2D eigenvalue weighted by molar-refractivity contribution is 0.0780. The summed E-state index contributed by atoms with van der Waals surface area (Å²) in [5.74, 6) is 0.0365. The molecular formula is C18H26N6O3. The maximum absolute atomic E-state index is 13.0. The Morgan fingerprint density at radius 1 is 1.33 bits per heavy atom. The van der Waals surface area contributed by atoms with Crippen molar-refractivity contribution in [3.63, 3.8) is 0 Å². The highest BCUT2D eigenvalue weighted by atomic mass is 16.2. The van der Waals surface area contributed by atoms with Gasteiger partial charge in [-0.2, -0.15) is 0 Å². The summed E-state index contributed by atoms with van der Waals surface area (Å²) in [5, 5.41) is 5.88. The number of H-pyrrole nitrogens is 1. The van der Waals surface area contributed by atoms with Crippen molar-refractivity contribution < 1.29 is 9.59 Å². The van der Waals surface area contributed by atoms with Crippen LogP contribution < -0.4 is 10.9 Å². The normalized spacial score (nSPS) is 19.7. The molecule has 0 aliphatic carbocycles. The number of hydrogen-bond acceptors (Lipinski definition) is 4. The summed E-state index contributed by atoms with van der Waals surface area (Å²) < 4.78 is 1.28. The molecule has 0 bridgehead atoms. The van der Waals surface area contributed by atoms with Gasteiger partial charge in [0.05, 0.1) is 6.04 Å². The summed E-state index contributed by atoms with van der Waals surface area (Å²) in [6.45, 7) is 6.81. The first-order valence-electron chi connectivity index (χ1n) is 9.03. The first-order chi connectivity index (χ1) is 12.7. The van der Waals surface area contributed by atoms with Gasteiger partial charge in [-0.15, -0.1) is 0 Å². The van der Waals surface area contributed by atoms with Gasteiger partial charge in [0, 0.05) is 51.1 Å². The van der Waals surface area contributed by atoms with Crippen molar-refractivity contribution in [1.29, 1.82) is 0 Å². The second-order valence-electron chi connectivity index (χ2n) is 7.68. The summed E-state index contributed by atoms with van der Waals surface area (Å²) in [6.07, 6.45) is 1.34. The third-order valence-electron chi connectivity index (χ3n) is 5.08. The maximum Gasteiger partial charge on any atom is 0.317 e. The third-order valence-corrected chi connectivity index (χ3v) is 5.08. The van der Waals surface area contributed by atoms with E-state index in [1.165, 1.54) is 15.6 Å². The smallest absolute Gasteiger partial charge is 0.317 e. The Labute approximate surface area is 157 Å². The number of likely N-dealkylation sites (tertiary alicyclic amines) is 1. The summed E-state index contributed by atoms with van der Waals surface area (Å²) in [7, 11) is 3.36. The number of rotatable bonds is 3. The number of amides is 3. The molecule has 2 atom stereocenters. The summed E-state index contributed by atoms with van der Waals surface area (Å²) in [4.78, 5) is 45.0. The molecule has 3 heterocycles. The van der Waals surface area contributed by atoms with Gasteiger partial charge in [0.25, 0.3) is 11.5 Å². The Balaban J connectivity index is 1.86. The molecule has 9 nitrogen and oxygen atoms in total. The van der Waals surface area contributed by atoms with Crippen molar-refractivity contribution >= 4 is 17.6 Å². The molecule has 1 aliphatic rings. The van der Waals surface area contributed by atoms with Crippen molar-refractivity contribution in [1.82, 2.24) is 29.7 Å². The van der Waals surface area contributed by atoms with Crippen molar-refractivity contribution in [2.24, 2.45) is 11.8 Å². The number of aromatic amines is 1. The van der Waals surface area contributed by atoms with E-state index in [1.54, 1.807) is 25.1 Å². The predicted octanol–water partition coefficient (Wildman–Crippen LogP) is 0.699. The topological polar surface area (TPSA) is 103 Å². The number of nitrogens with zero attached hydrogens (tertiary/aromatic N) is 4. The fraction of sp³-hybridized carbons (Fsp3) is 0.556. The number of fused-ring (bicyclic) bond motifs is 1. The highest BCUT2D eigenvalue weighted by molar-refractivity contribution is 5.94. The van der Waals surface area contributed by atoms with Gasteiger partial charge in [-0.1, -0.05) is 13.8 Å². The summed E-state index contributed by atoms with van der Waals surface area (Å²) >= 11 is 0. The van der Waals surface area contributed by atoms with Crippen LogP contribution in [0, 0.1) is 18.8 Å². The Morgan fingerprint density at radius 3 is 2.67 bits per heavy atom. The van der Waals surface area contributed by atoms with Gasteiger partial charge in [-0.25, -0.2) is 14.3 Å². The van der Waals surface area contributed by atoms with Crippen molar-refractivity contribution in [2.45, 2.75) is 26.8 Å². The fourth-order valence-electron chi connectivity index (χ4n) is 3.51. The van der Waals surface area contributed by atoms with E-state index in [0.29, 0.717) is 18.7 Å². The molecule has 3 amide bonds. The second kappa shape index (κ2) is 7.05. The van der Waals surface area contributed by atoms with Gasteiger partial charge in [0.1, 0.15) is 5.56 Å². The minimum absolute atomic E-state index is 0.0245. The Kier molecular flexibility index (Phi) is 4.95. The molecule has 2 aromatic heterocycles. The Morgan fingerprint density at radius 2 is 2.04 bits per heavy atom. The molecule has 0 saturated carbocycles. The van der Waals surface area contributed by atoms with Crippen LogP contribution in [-0.4, -0.2) is 69.6 Å². The molecule has 2 N–H and O–H groups in total. The summed E-state index contributed by atoms with van der Waals surface area (Å²) in [5.41, 5.74) is 0.875. The number of hydrogen-bond donors (Lipinski definition) is 2. The van der Waals surface area contributed by atoms with Crippen LogP contribution in [0.4, 0.5) is 4.79 Å². The monoisotopic (exact) mass is 374 g/mol. The van der Waals surface area contributed by atoms with Crippen LogP contribution in [-0.2, 0) is 0 Å². The Bertz CT molecular complexity index is 929. The number of carbonyl (C=O) groups is 2. The van der Waals surface area contributed by atoms with Crippen LogP contribution in [0.5, 0.6) is 0 Å². The van der Waals surface area contributed by atoms with Gasteiger partial charge in [-0.05, 0) is 12.8 Å². The molecule has 1 saturated heterocycles. The molecular weight excluding hydrogens is 348 g/mol. The van der Waals surface area contributed by atoms with E-state index in [-0.39, 0.29) is 35.4 Å². The number of nitrogens with one attached hydrogen (secondary N) is 2. The van der Waals surface area contributed by atoms with E-state index in [4.69, 9.17) is 0 Å². The minimum atomic E-state index is -0.417. The maximum atomic E-state index is 13.0. The van der Waals surface area contributed by atoms with Gasteiger partial charge in [0.15, 0.2) is 5.65 Å². The van der Waals surface area contributed by atoms with Gasteiger partial charge < -0.3 is 15.1 Å². The van der Waals surface area contributed by atoms with Crippen LogP contribution in [0.3, 0.4) is 0 Å². The van der Waals surface area contributed by atoms with Gasteiger partial charge in [-0.3, -0.25) is 14.7 Å². The molecule has 1 fully saturated rings. The third kappa shape index (κ3) is 3.54. The number of aryl methyl sites for hydroxylation is 1. The average molecular weight is 374 g/mol. The number of aromatic nitrogens is 3. The van der Waals surface area contributed by atoms with Crippen LogP contribution >= 0.6 is 0 Å². The van der Waals surface area contributed by atoms with Crippen LogP contribution in [0.1, 0.15) is 29.9 Å². The quantitative estimate of drug-likeness (QED) is 0.825. The van der Waals surface area contributed by atoms with Crippen molar-refractivity contribution in [3.8, 4) is 0 Å². The standard InChI is InChI=1S/C18H26N6O3/c1-10(2)13-8-23(9-14(13)20-18(27)22(4)5)16(25)12-7-19-15-6-11(3)21-24(15)17(12)26/h6-7,10,13-14,21H,8-9H2,1-5H3,(H,20,27)/t13-,14+/m0/s1. The van der Waals surface area contributed by atoms with E-state index < -0.39 is 5.56 Å². The molecule has 2 aromatic rings. The highest BCUT2D eigenvalue weighted by Crippen LogP contribution is 2.25. The minimum Gasteiger partial charge on any atom is -0.336 e. The zero-order valence-electron chi connectivity index (χ0n) is 16.3. The number of carbonyl (C=O) groups excluding carboxylic acids is 2. The van der Waals surface area contributed by atoms with Crippen molar-refractivity contribution in [3.05, 3.63) is 33.9 Å². The molecule has 3 rings (SSSR count). The van der Waals surface area contributed by atoms with Crippen LogP contribution in [0.25, 0.3) is 5.65 Å². The van der Waals surface area contributed by atoms with E-state index in [9.17, 15) is 14.4 Å². The van der Waals surface area contributed by atoms with E-state index in [2.05, 4.69) is 29.2 Å². The van der Waals surface area contributed by atoms with Gasteiger partial charge >= 0.3 is 6.03 Å². The molecule has 0 spiro atoms. The molecule has 27 heavy (non-hydrogen) atoms. The fourth-order valence-corrected chi connectivity index (χ4v) is 3.51. The average Bonchev–Trinajstić information content (AvgIpc) is 3.18. The lowest BCUT2D eigenvalue weighted by Gasteiger charge is -2.24. The second-order valence-corrected chi connectivity index (χ2v) is 7.68. The first-order valence-corrected chi connectivity index (χ1v) is 9.03.